The number of aryl methyl sites for hydroxylation is 1. The monoisotopic (exact) mass is 460 g/mol. The quantitative estimate of drug-likeness (QED) is 0.571. The Morgan fingerprint density at radius 3 is 2.57 bits per heavy atom. The van der Waals surface area contributed by atoms with Crippen LogP contribution in [-0.4, -0.2) is 39.4 Å². The van der Waals surface area contributed by atoms with Gasteiger partial charge in [0.05, 0.1) is 11.9 Å². The molecule has 0 aliphatic rings. The first-order chi connectivity index (χ1) is 13.2. The zero-order valence-corrected chi connectivity index (χ0v) is 18.8. The number of hydrogen-bond donors (Lipinski definition) is 1. The number of rotatable bonds is 9. The predicted molar refractivity (Wildman–Crippen MR) is 119 cm³/mol. The van der Waals surface area contributed by atoms with E-state index >= 15 is 0 Å². The Kier molecular flexibility index (Phi) is 8.49. The Hall–Kier alpha value is -1.41. The lowest BCUT2D eigenvalue weighted by molar-refractivity contribution is -0.119. The van der Waals surface area contributed by atoms with E-state index < -0.39 is 10.0 Å². The van der Waals surface area contributed by atoms with Crippen molar-refractivity contribution in [3.63, 3.8) is 0 Å². The lowest BCUT2D eigenvalue weighted by atomic mass is 10.2. The summed E-state index contributed by atoms with van der Waals surface area (Å²) in [5.74, 6) is 1.12. The van der Waals surface area contributed by atoms with Gasteiger partial charge in [0, 0.05) is 28.1 Å². The van der Waals surface area contributed by atoms with Gasteiger partial charge in [0.25, 0.3) is 0 Å². The van der Waals surface area contributed by atoms with E-state index in [9.17, 15) is 13.2 Å². The first-order valence-corrected chi connectivity index (χ1v) is 12.3. The molecule has 0 aromatic heterocycles. The average molecular weight is 461 g/mol. The number of carbonyl (C=O) groups is 1. The number of halogens is 2. The maximum Gasteiger partial charge on any atom is 0.240 e. The van der Waals surface area contributed by atoms with Crippen LogP contribution in [0.3, 0.4) is 0 Å². The van der Waals surface area contributed by atoms with Crippen molar-refractivity contribution in [2.75, 3.05) is 29.4 Å². The molecule has 1 N–H and O–H groups in total. The van der Waals surface area contributed by atoms with Crippen molar-refractivity contribution in [1.29, 1.82) is 0 Å². The minimum absolute atomic E-state index is 0.294. The van der Waals surface area contributed by atoms with Crippen LogP contribution in [0.1, 0.15) is 11.1 Å². The third kappa shape index (κ3) is 7.20. The Labute approximate surface area is 180 Å². The van der Waals surface area contributed by atoms with E-state index in [4.69, 9.17) is 23.2 Å². The van der Waals surface area contributed by atoms with E-state index in [0.29, 0.717) is 28.0 Å². The number of nitrogens with zero attached hydrogens (tertiary/aromatic N) is 1. The smallest absolute Gasteiger partial charge is 0.240 e. The SMILES string of the molecule is Cc1ccc(N(CC(=O)NCCSCc2cccc(Cl)c2)S(C)(=O)=O)cc1Cl. The molecule has 1 amide bonds. The van der Waals surface area contributed by atoms with Gasteiger partial charge in [0.1, 0.15) is 6.54 Å². The average Bonchev–Trinajstić information content (AvgIpc) is 2.61. The van der Waals surface area contributed by atoms with Crippen LogP contribution in [0.15, 0.2) is 42.5 Å². The minimum Gasteiger partial charge on any atom is -0.354 e. The standard InChI is InChI=1S/C19H22Cl2N2O3S2/c1-14-6-7-17(11-18(14)21)23(28(2,25)26)12-19(24)22-8-9-27-13-15-4-3-5-16(20)10-15/h3-7,10-11H,8-9,12-13H2,1-2H3,(H,22,24). The first kappa shape index (κ1) is 22.9. The molecule has 0 saturated carbocycles. The van der Waals surface area contributed by atoms with Crippen LogP contribution < -0.4 is 9.62 Å². The second-order valence-corrected chi connectivity index (χ2v) is 10.1. The fourth-order valence-corrected chi connectivity index (χ4v) is 4.44. The van der Waals surface area contributed by atoms with Gasteiger partial charge in [0.15, 0.2) is 0 Å². The molecule has 152 valence electrons. The lowest BCUT2D eigenvalue weighted by Crippen LogP contribution is -2.41. The summed E-state index contributed by atoms with van der Waals surface area (Å²) in [5.41, 5.74) is 2.31. The van der Waals surface area contributed by atoms with Crippen molar-refractivity contribution < 1.29 is 13.2 Å². The maximum absolute atomic E-state index is 12.2. The molecule has 0 atom stereocenters. The maximum atomic E-state index is 12.2. The van der Waals surface area contributed by atoms with E-state index in [2.05, 4.69) is 5.32 Å². The van der Waals surface area contributed by atoms with E-state index in [1.807, 2.05) is 31.2 Å². The molecule has 28 heavy (non-hydrogen) atoms. The highest BCUT2D eigenvalue weighted by molar-refractivity contribution is 7.98. The van der Waals surface area contributed by atoms with Gasteiger partial charge in [-0.05, 0) is 42.3 Å². The van der Waals surface area contributed by atoms with Gasteiger partial charge in [0.2, 0.25) is 15.9 Å². The zero-order valence-electron chi connectivity index (χ0n) is 15.6. The third-order valence-corrected chi connectivity index (χ3v) is 6.67. The molecule has 0 bridgehead atoms. The Bertz CT molecular complexity index is 937. The number of amides is 1. The first-order valence-electron chi connectivity index (χ1n) is 8.49. The highest BCUT2D eigenvalue weighted by Crippen LogP contribution is 2.24. The number of benzene rings is 2. The summed E-state index contributed by atoms with van der Waals surface area (Å²) in [6, 6.07) is 12.5. The van der Waals surface area contributed by atoms with Crippen LogP contribution in [0, 0.1) is 6.92 Å². The van der Waals surface area contributed by atoms with Gasteiger partial charge in [-0.3, -0.25) is 9.10 Å². The van der Waals surface area contributed by atoms with E-state index in [1.54, 1.807) is 30.0 Å². The molecule has 0 radical (unpaired) electrons. The molecule has 0 fully saturated rings. The molecule has 5 nitrogen and oxygen atoms in total. The molecule has 0 spiro atoms. The molecule has 2 rings (SSSR count). The van der Waals surface area contributed by atoms with Crippen LogP contribution in [-0.2, 0) is 20.6 Å². The van der Waals surface area contributed by atoms with Gasteiger partial charge in [-0.25, -0.2) is 8.42 Å². The van der Waals surface area contributed by atoms with Crippen molar-refractivity contribution in [2.24, 2.45) is 0 Å². The number of carbonyl (C=O) groups excluding carboxylic acids is 1. The van der Waals surface area contributed by atoms with Crippen molar-refractivity contribution >= 4 is 56.6 Å². The number of anilines is 1. The lowest BCUT2D eigenvalue weighted by Gasteiger charge is -2.22. The van der Waals surface area contributed by atoms with E-state index in [-0.39, 0.29) is 12.5 Å². The summed E-state index contributed by atoms with van der Waals surface area (Å²) in [5, 5.41) is 3.90. The highest BCUT2D eigenvalue weighted by atomic mass is 35.5. The summed E-state index contributed by atoms with van der Waals surface area (Å²) >= 11 is 13.7. The fraction of sp³-hybridized carbons (Fsp3) is 0.316. The van der Waals surface area contributed by atoms with Crippen molar-refractivity contribution in [1.82, 2.24) is 5.32 Å². The summed E-state index contributed by atoms with van der Waals surface area (Å²) in [7, 11) is -3.62. The molecule has 9 heteroatoms. The summed E-state index contributed by atoms with van der Waals surface area (Å²) in [6.45, 7) is 1.97. The largest absolute Gasteiger partial charge is 0.354 e. The molecule has 2 aromatic rings. The normalized spacial score (nSPS) is 11.3. The fourth-order valence-electron chi connectivity index (χ4n) is 2.40. The molecule has 2 aromatic carbocycles. The minimum atomic E-state index is -3.62. The summed E-state index contributed by atoms with van der Waals surface area (Å²) < 4.78 is 25.3. The van der Waals surface area contributed by atoms with E-state index in [0.717, 1.165) is 27.4 Å². The Morgan fingerprint density at radius 2 is 1.93 bits per heavy atom. The molecule has 0 aliphatic heterocycles. The second kappa shape index (κ2) is 10.4. The van der Waals surface area contributed by atoms with Crippen LogP contribution in [0.2, 0.25) is 10.0 Å². The Balaban J connectivity index is 1.85. The van der Waals surface area contributed by atoms with Gasteiger partial charge in [-0.15, -0.1) is 0 Å². The van der Waals surface area contributed by atoms with Crippen molar-refractivity contribution in [3.8, 4) is 0 Å². The number of hydrogen-bond acceptors (Lipinski definition) is 4. The number of thioether (sulfide) groups is 1. The zero-order chi connectivity index (χ0) is 20.7. The van der Waals surface area contributed by atoms with Gasteiger partial charge < -0.3 is 5.32 Å². The van der Waals surface area contributed by atoms with Crippen LogP contribution in [0.25, 0.3) is 0 Å². The molecule has 0 aliphatic carbocycles. The molecular formula is C19H22Cl2N2O3S2. The molecule has 0 saturated heterocycles. The van der Waals surface area contributed by atoms with Crippen LogP contribution in [0.5, 0.6) is 0 Å². The molecule has 0 unspecified atom stereocenters. The van der Waals surface area contributed by atoms with Crippen molar-refractivity contribution in [2.45, 2.75) is 12.7 Å². The Morgan fingerprint density at radius 1 is 1.18 bits per heavy atom. The molecule has 0 heterocycles. The number of sulfonamides is 1. The summed E-state index contributed by atoms with van der Waals surface area (Å²) in [6.07, 6.45) is 1.06. The second-order valence-electron chi connectivity index (χ2n) is 6.24. The third-order valence-electron chi connectivity index (χ3n) is 3.86. The van der Waals surface area contributed by atoms with Crippen LogP contribution >= 0.6 is 35.0 Å². The van der Waals surface area contributed by atoms with Crippen LogP contribution in [0.4, 0.5) is 5.69 Å². The summed E-state index contributed by atoms with van der Waals surface area (Å²) in [4.78, 5) is 12.2. The topological polar surface area (TPSA) is 66.5 Å². The number of nitrogens with one attached hydrogen (secondary N) is 1. The van der Waals surface area contributed by atoms with Gasteiger partial charge in [-0.2, -0.15) is 11.8 Å². The van der Waals surface area contributed by atoms with E-state index in [1.165, 1.54) is 0 Å². The van der Waals surface area contributed by atoms with Crippen molar-refractivity contribution in [3.05, 3.63) is 63.6 Å². The van der Waals surface area contributed by atoms with Gasteiger partial charge >= 0.3 is 0 Å². The van der Waals surface area contributed by atoms with Gasteiger partial charge in [-0.1, -0.05) is 41.4 Å². The molecular weight excluding hydrogens is 439 g/mol. The predicted octanol–water partition coefficient (Wildman–Crippen LogP) is 4.12. The highest BCUT2D eigenvalue weighted by Gasteiger charge is 2.21.